The Morgan fingerprint density at radius 3 is 2.61 bits per heavy atom. The van der Waals surface area contributed by atoms with Gasteiger partial charge in [-0.1, -0.05) is 19.9 Å². The average molecular weight is 323 g/mol. The summed E-state index contributed by atoms with van der Waals surface area (Å²) in [6.07, 6.45) is 0.902. The number of hydrogen-bond acceptors (Lipinski definition) is 4. The van der Waals surface area contributed by atoms with E-state index in [2.05, 4.69) is 24.2 Å². The fraction of sp³-hybridized carbons (Fsp3) is 0.588. The lowest BCUT2D eigenvalue weighted by Crippen LogP contribution is -2.32. The topological polar surface area (TPSA) is 78.1 Å². The van der Waals surface area contributed by atoms with Gasteiger partial charge in [0.2, 0.25) is 0 Å². The second-order valence-corrected chi connectivity index (χ2v) is 5.64. The van der Waals surface area contributed by atoms with Gasteiger partial charge in [-0.15, -0.1) is 0 Å². The van der Waals surface area contributed by atoms with Gasteiger partial charge in [-0.2, -0.15) is 0 Å². The summed E-state index contributed by atoms with van der Waals surface area (Å²) in [6, 6.07) is 5.70. The van der Waals surface area contributed by atoms with Crippen LogP contribution in [0.5, 0.6) is 11.5 Å². The highest BCUT2D eigenvalue weighted by atomic mass is 16.5. The summed E-state index contributed by atoms with van der Waals surface area (Å²) < 4.78 is 16.0. The molecule has 1 rings (SSSR count). The van der Waals surface area contributed by atoms with Gasteiger partial charge in [0, 0.05) is 19.8 Å². The van der Waals surface area contributed by atoms with Crippen molar-refractivity contribution >= 4 is 5.96 Å². The zero-order valence-corrected chi connectivity index (χ0v) is 14.6. The molecule has 0 saturated carbocycles. The number of guanidine groups is 1. The Kier molecular flexibility index (Phi) is 8.90. The number of nitrogens with two attached hydrogens (primary N) is 1. The predicted octanol–water partition coefficient (Wildman–Crippen LogP) is 2.17. The van der Waals surface area contributed by atoms with Crippen LogP contribution in [0.4, 0.5) is 0 Å². The fourth-order valence-electron chi connectivity index (χ4n) is 1.92. The van der Waals surface area contributed by atoms with Crippen LogP contribution in [-0.4, -0.2) is 39.9 Å². The largest absolute Gasteiger partial charge is 0.493 e. The molecule has 0 atom stereocenters. The molecular formula is C17H29N3O3. The van der Waals surface area contributed by atoms with Crippen LogP contribution in [0.2, 0.25) is 0 Å². The van der Waals surface area contributed by atoms with Crippen molar-refractivity contribution in [2.75, 3.05) is 34.0 Å². The molecule has 0 aliphatic rings. The van der Waals surface area contributed by atoms with E-state index in [9.17, 15) is 0 Å². The van der Waals surface area contributed by atoms with E-state index in [0.717, 1.165) is 31.7 Å². The molecule has 1 aromatic carbocycles. The van der Waals surface area contributed by atoms with E-state index >= 15 is 0 Å². The Labute approximate surface area is 139 Å². The Morgan fingerprint density at radius 2 is 1.96 bits per heavy atom. The number of ether oxygens (including phenoxy) is 3. The first-order chi connectivity index (χ1) is 11.1. The number of nitrogens with zero attached hydrogens (tertiary/aromatic N) is 1. The molecule has 0 fully saturated rings. The second kappa shape index (κ2) is 10.7. The monoisotopic (exact) mass is 323 g/mol. The van der Waals surface area contributed by atoms with Gasteiger partial charge in [0.15, 0.2) is 17.5 Å². The molecule has 6 heteroatoms. The molecule has 0 spiro atoms. The van der Waals surface area contributed by atoms with Gasteiger partial charge in [0.05, 0.1) is 20.8 Å². The van der Waals surface area contributed by atoms with E-state index in [0.29, 0.717) is 29.9 Å². The molecular weight excluding hydrogens is 294 g/mol. The molecule has 0 saturated heterocycles. The van der Waals surface area contributed by atoms with E-state index in [1.807, 2.05) is 18.2 Å². The maximum atomic E-state index is 5.85. The lowest BCUT2D eigenvalue weighted by atomic mass is 10.2. The molecule has 0 aromatic heterocycles. The summed E-state index contributed by atoms with van der Waals surface area (Å²) >= 11 is 0. The molecule has 6 nitrogen and oxygen atoms in total. The van der Waals surface area contributed by atoms with Crippen molar-refractivity contribution in [2.45, 2.75) is 26.8 Å². The first kappa shape index (κ1) is 19.1. The molecule has 23 heavy (non-hydrogen) atoms. The zero-order chi connectivity index (χ0) is 17.1. The molecule has 0 heterocycles. The van der Waals surface area contributed by atoms with Crippen molar-refractivity contribution in [3.63, 3.8) is 0 Å². The van der Waals surface area contributed by atoms with Crippen LogP contribution in [0.3, 0.4) is 0 Å². The fourth-order valence-corrected chi connectivity index (χ4v) is 1.92. The van der Waals surface area contributed by atoms with Gasteiger partial charge >= 0.3 is 0 Å². The van der Waals surface area contributed by atoms with Gasteiger partial charge < -0.3 is 25.3 Å². The third kappa shape index (κ3) is 7.74. The first-order valence-electron chi connectivity index (χ1n) is 7.89. The number of methoxy groups -OCH3 is 2. The molecule has 0 radical (unpaired) electrons. The summed E-state index contributed by atoms with van der Waals surface area (Å²) in [6.45, 7) is 7.04. The first-order valence-corrected chi connectivity index (χ1v) is 7.89. The Bertz CT molecular complexity index is 490. The zero-order valence-electron chi connectivity index (χ0n) is 14.6. The lowest BCUT2D eigenvalue weighted by Gasteiger charge is -2.09. The summed E-state index contributed by atoms with van der Waals surface area (Å²) in [7, 11) is 3.23. The Hall–Kier alpha value is -1.95. The van der Waals surface area contributed by atoms with Crippen molar-refractivity contribution in [3.05, 3.63) is 23.8 Å². The van der Waals surface area contributed by atoms with Gasteiger partial charge in [-0.3, -0.25) is 0 Å². The van der Waals surface area contributed by atoms with Gasteiger partial charge in [0.25, 0.3) is 0 Å². The predicted molar refractivity (Wildman–Crippen MR) is 93.1 cm³/mol. The third-order valence-corrected chi connectivity index (χ3v) is 3.10. The molecule has 1 aromatic rings. The van der Waals surface area contributed by atoms with E-state index in [4.69, 9.17) is 19.9 Å². The Morgan fingerprint density at radius 1 is 1.22 bits per heavy atom. The van der Waals surface area contributed by atoms with Crippen LogP contribution >= 0.6 is 0 Å². The van der Waals surface area contributed by atoms with Gasteiger partial charge in [-0.25, -0.2) is 4.99 Å². The summed E-state index contributed by atoms with van der Waals surface area (Å²) in [5, 5.41) is 3.08. The van der Waals surface area contributed by atoms with Crippen molar-refractivity contribution in [1.29, 1.82) is 0 Å². The van der Waals surface area contributed by atoms with E-state index in [1.54, 1.807) is 14.2 Å². The highest BCUT2D eigenvalue weighted by Gasteiger charge is 2.04. The van der Waals surface area contributed by atoms with Crippen molar-refractivity contribution in [2.24, 2.45) is 16.6 Å². The maximum Gasteiger partial charge on any atom is 0.188 e. The molecule has 130 valence electrons. The van der Waals surface area contributed by atoms with Crippen LogP contribution in [0.15, 0.2) is 23.2 Å². The van der Waals surface area contributed by atoms with Crippen LogP contribution < -0.4 is 20.5 Å². The van der Waals surface area contributed by atoms with Crippen LogP contribution in [0.1, 0.15) is 25.8 Å². The number of hydrogen-bond donors (Lipinski definition) is 2. The van der Waals surface area contributed by atoms with Crippen LogP contribution in [0, 0.1) is 5.92 Å². The second-order valence-electron chi connectivity index (χ2n) is 5.64. The van der Waals surface area contributed by atoms with Crippen LogP contribution in [-0.2, 0) is 11.3 Å². The molecule has 0 aliphatic carbocycles. The quantitative estimate of drug-likeness (QED) is 0.392. The van der Waals surface area contributed by atoms with E-state index < -0.39 is 0 Å². The summed E-state index contributed by atoms with van der Waals surface area (Å²) in [5.74, 6) is 2.39. The number of aliphatic imine (C=N–C) groups is 1. The highest BCUT2D eigenvalue weighted by molar-refractivity contribution is 5.77. The molecule has 0 amide bonds. The minimum absolute atomic E-state index is 0.434. The third-order valence-electron chi connectivity index (χ3n) is 3.10. The van der Waals surface area contributed by atoms with Crippen molar-refractivity contribution in [3.8, 4) is 11.5 Å². The maximum absolute atomic E-state index is 5.85. The molecule has 0 bridgehead atoms. The smallest absolute Gasteiger partial charge is 0.188 e. The number of rotatable bonds is 10. The van der Waals surface area contributed by atoms with Gasteiger partial charge in [-0.05, 0) is 30.0 Å². The summed E-state index contributed by atoms with van der Waals surface area (Å²) in [4.78, 5) is 4.32. The van der Waals surface area contributed by atoms with Crippen molar-refractivity contribution in [1.82, 2.24) is 5.32 Å². The summed E-state index contributed by atoms with van der Waals surface area (Å²) in [5.41, 5.74) is 6.86. The van der Waals surface area contributed by atoms with Gasteiger partial charge in [0.1, 0.15) is 0 Å². The standard InChI is InChI=1S/C17H29N3O3/c1-13(2)12-23-9-5-8-19-17(18)20-11-14-6-7-15(21-3)16(10-14)22-4/h6-7,10,13H,5,8-9,11-12H2,1-4H3,(H3,18,19,20). The van der Waals surface area contributed by atoms with Crippen molar-refractivity contribution < 1.29 is 14.2 Å². The number of nitrogens with one attached hydrogen (secondary N) is 1. The highest BCUT2D eigenvalue weighted by Crippen LogP contribution is 2.27. The van der Waals surface area contributed by atoms with E-state index in [-0.39, 0.29) is 0 Å². The lowest BCUT2D eigenvalue weighted by molar-refractivity contribution is 0.108. The normalized spacial score (nSPS) is 11.6. The number of benzene rings is 1. The average Bonchev–Trinajstić information content (AvgIpc) is 2.55. The van der Waals surface area contributed by atoms with Crippen LogP contribution in [0.25, 0.3) is 0 Å². The Balaban J connectivity index is 2.33. The minimum atomic E-state index is 0.434. The molecule has 0 aliphatic heterocycles. The molecule has 0 unspecified atom stereocenters. The SMILES string of the molecule is COc1ccc(CN=C(N)NCCCOCC(C)C)cc1OC. The molecule has 3 N–H and O–H groups in total. The van der Waals surface area contributed by atoms with E-state index in [1.165, 1.54) is 0 Å². The minimum Gasteiger partial charge on any atom is -0.493 e.